The van der Waals surface area contributed by atoms with Gasteiger partial charge in [0.1, 0.15) is 5.76 Å². The van der Waals surface area contributed by atoms with Crippen molar-refractivity contribution in [1.82, 2.24) is 9.80 Å². The highest BCUT2D eigenvalue weighted by molar-refractivity contribution is 9.13. The molecule has 1 unspecified atom stereocenters. The second kappa shape index (κ2) is 6.48. The SMILES string of the molecule is NC1CCN(C2CCN(Cc3cc(Br)c(Br)o3)C2)CC1. The van der Waals surface area contributed by atoms with Gasteiger partial charge in [0.15, 0.2) is 4.67 Å². The number of halogens is 2. The molecule has 2 aliphatic heterocycles. The molecule has 3 rings (SSSR count). The van der Waals surface area contributed by atoms with Crippen molar-refractivity contribution in [1.29, 1.82) is 0 Å². The molecule has 112 valence electrons. The summed E-state index contributed by atoms with van der Waals surface area (Å²) < 4.78 is 7.45. The van der Waals surface area contributed by atoms with Gasteiger partial charge >= 0.3 is 0 Å². The molecule has 1 aromatic rings. The van der Waals surface area contributed by atoms with Crippen molar-refractivity contribution in [2.24, 2.45) is 5.73 Å². The van der Waals surface area contributed by atoms with Crippen molar-refractivity contribution < 1.29 is 4.42 Å². The Morgan fingerprint density at radius 3 is 2.60 bits per heavy atom. The highest BCUT2D eigenvalue weighted by Crippen LogP contribution is 2.28. The molecule has 1 atom stereocenters. The van der Waals surface area contributed by atoms with E-state index in [9.17, 15) is 0 Å². The van der Waals surface area contributed by atoms with Gasteiger partial charge in [0, 0.05) is 25.2 Å². The van der Waals surface area contributed by atoms with Gasteiger partial charge in [-0.05, 0) is 70.3 Å². The van der Waals surface area contributed by atoms with Crippen molar-refractivity contribution in [2.75, 3.05) is 26.2 Å². The van der Waals surface area contributed by atoms with Crippen LogP contribution in [0.5, 0.6) is 0 Å². The lowest BCUT2D eigenvalue weighted by Gasteiger charge is -2.34. The number of nitrogens with two attached hydrogens (primary N) is 1. The van der Waals surface area contributed by atoms with E-state index in [1.165, 1.54) is 6.42 Å². The minimum Gasteiger partial charge on any atom is -0.452 e. The van der Waals surface area contributed by atoms with Crippen LogP contribution in [0.15, 0.2) is 19.6 Å². The van der Waals surface area contributed by atoms with Gasteiger partial charge in [0.2, 0.25) is 0 Å². The minimum absolute atomic E-state index is 0.418. The van der Waals surface area contributed by atoms with Crippen LogP contribution < -0.4 is 5.73 Å². The summed E-state index contributed by atoms with van der Waals surface area (Å²) in [7, 11) is 0. The highest BCUT2D eigenvalue weighted by atomic mass is 79.9. The topological polar surface area (TPSA) is 45.6 Å². The van der Waals surface area contributed by atoms with Gasteiger partial charge in [-0.2, -0.15) is 0 Å². The maximum Gasteiger partial charge on any atom is 0.183 e. The third-order valence-corrected chi connectivity index (χ3v) is 6.12. The average Bonchev–Trinajstić information content (AvgIpc) is 2.99. The third kappa shape index (κ3) is 3.47. The molecule has 2 saturated heterocycles. The Bertz CT molecular complexity index is 438. The van der Waals surface area contributed by atoms with Crippen molar-refractivity contribution in [3.05, 3.63) is 21.0 Å². The van der Waals surface area contributed by atoms with E-state index in [2.05, 4.69) is 47.7 Å². The third-order valence-electron chi connectivity index (χ3n) is 4.41. The first-order valence-corrected chi connectivity index (χ1v) is 8.86. The van der Waals surface area contributed by atoms with E-state index in [0.717, 1.165) is 60.5 Å². The predicted molar refractivity (Wildman–Crippen MR) is 86.6 cm³/mol. The van der Waals surface area contributed by atoms with Crippen LogP contribution in [0.1, 0.15) is 25.0 Å². The maximum atomic E-state index is 5.98. The zero-order valence-electron chi connectivity index (χ0n) is 11.5. The molecule has 0 bridgehead atoms. The molecule has 0 spiro atoms. The fourth-order valence-electron chi connectivity index (χ4n) is 3.23. The molecule has 2 aliphatic rings. The molecule has 0 aromatic carbocycles. The Morgan fingerprint density at radius 1 is 1.20 bits per heavy atom. The summed E-state index contributed by atoms with van der Waals surface area (Å²) in [6.07, 6.45) is 3.56. The van der Waals surface area contributed by atoms with Crippen LogP contribution in [0.3, 0.4) is 0 Å². The average molecular weight is 407 g/mol. The summed E-state index contributed by atoms with van der Waals surface area (Å²) in [4.78, 5) is 5.11. The second-order valence-electron chi connectivity index (χ2n) is 5.89. The number of likely N-dealkylation sites (tertiary alicyclic amines) is 2. The Kier molecular flexibility index (Phi) is 4.87. The normalized spacial score (nSPS) is 26.4. The molecule has 4 nitrogen and oxygen atoms in total. The van der Waals surface area contributed by atoms with Gasteiger partial charge in [0.05, 0.1) is 11.0 Å². The van der Waals surface area contributed by atoms with Gasteiger partial charge in [-0.1, -0.05) is 0 Å². The number of hydrogen-bond donors (Lipinski definition) is 1. The van der Waals surface area contributed by atoms with Crippen LogP contribution in [0, 0.1) is 0 Å². The van der Waals surface area contributed by atoms with E-state index >= 15 is 0 Å². The van der Waals surface area contributed by atoms with Crippen molar-refractivity contribution in [3.63, 3.8) is 0 Å². The highest BCUT2D eigenvalue weighted by Gasteiger charge is 2.30. The van der Waals surface area contributed by atoms with E-state index in [0.29, 0.717) is 12.1 Å². The number of furan rings is 1. The van der Waals surface area contributed by atoms with Gasteiger partial charge in [0.25, 0.3) is 0 Å². The Balaban J connectivity index is 1.52. The van der Waals surface area contributed by atoms with E-state index < -0.39 is 0 Å². The molecule has 6 heteroatoms. The van der Waals surface area contributed by atoms with Gasteiger partial charge in [-0.15, -0.1) is 0 Å². The van der Waals surface area contributed by atoms with Crippen molar-refractivity contribution >= 4 is 31.9 Å². The van der Waals surface area contributed by atoms with Crippen LogP contribution >= 0.6 is 31.9 Å². The summed E-state index contributed by atoms with van der Waals surface area (Å²) in [5.41, 5.74) is 5.98. The number of nitrogens with zero attached hydrogens (tertiary/aromatic N) is 2. The first-order valence-electron chi connectivity index (χ1n) is 7.27. The van der Waals surface area contributed by atoms with Crippen LogP contribution in [0.2, 0.25) is 0 Å². The lowest BCUT2D eigenvalue weighted by atomic mass is 10.0. The fraction of sp³-hybridized carbons (Fsp3) is 0.714. The molecule has 2 fully saturated rings. The quantitative estimate of drug-likeness (QED) is 0.838. The number of piperidine rings is 1. The summed E-state index contributed by atoms with van der Waals surface area (Å²) in [6, 6.07) is 3.17. The van der Waals surface area contributed by atoms with Gasteiger partial charge in [-0.3, -0.25) is 9.80 Å². The lowest BCUT2D eigenvalue weighted by Crippen LogP contribution is -2.46. The monoisotopic (exact) mass is 405 g/mol. The number of hydrogen-bond acceptors (Lipinski definition) is 4. The second-order valence-corrected chi connectivity index (χ2v) is 7.46. The largest absolute Gasteiger partial charge is 0.452 e. The maximum absolute atomic E-state index is 5.98. The van der Waals surface area contributed by atoms with Crippen molar-refractivity contribution in [2.45, 2.75) is 37.9 Å². The fourth-order valence-corrected chi connectivity index (χ4v) is 3.89. The molecule has 0 amide bonds. The minimum atomic E-state index is 0.418. The zero-order chi connectivity index (χ0) is 14.1. The Labute approximate surface area is 136 Å². The smallest absolute Gasteiger partial charge is 0.183 e. The standard InChI is InChI=1S/C14H21Br2N3O/c15-13-7-12(20-14(13)16)9-18-4-3-11(8-18)19-5-1-10(17)2-6-19/h7,10-11H,1-6,8-9,17H2. The molecule has 0 radical (unpaired) electrons. The van der Waals surface area contributed by atoms with Crippen LogP contribution in [0.4, 0.5) is 0 Å². The number of rotatable bonds is 3. The van der Waals surface area contributed by atoms with Gasteiger partial charge < -0.3 is 10.2 Å². The molecular formula is C14H21Br2N3O. The predicted octanol–water partition coefficient (Wildman–Crippen LogP) is 2.80. The molecule has 3 heterocycles. The molecule has 0 saturated carbocycles. The summed E-state index contributed by atoms with van der Waals surface area (Å²) in [5, 5.41) is 0. The first-order chi connectivity index (χ1) is 9.61. The van der Waals surface area contributed by atoms with E-state index in [-0.39, 0.29) is 0 Å². The molecular weight excluding hydrogens is 386 g/mol. The van der Waals surface area contributed by atoms with E-state index in [1.807, 2.05) is 0 Å². The van der Waals surface area contributed by atoms with E-state index in [4.69, 9.17) is 10.2 Å². The molecule has 1 aromatic heterocycles. The zero-order valence-corrected chi connectivity index (χ0v) is 14.7. The van der Waals surface area contributed by atoms with Crippen LogP contribution in [-0.4, -0.2) is 48.1 Å². The molecule has 20 heavy (non-hydrogen) atoms. The van der Waals surface area contributed by atoms with Gasteiger partial charge in [-0.25, -0.2) is 0 Å². The molecule has 2 N–H and O–H groups in total. The Hall–Kier alpha value is 0.120. The lowest BCUT2D eigenvalue weighted by molar-refractivity contribution is 0.150. The van der Waals surface area contributed by atoms with Crippen LogP contribution in [0.25, 0.3) is 0 Å². The molecule has 0 aliphatic carbocycles. The van der Waals surface area contributed by atoms with E-state index in [1.54, 1.807) is 0 Å². The summed E-state index contributed by atoms with van der Waals surface area (Å²) >= 11 is 6.86. The van der Waals surface area contributed by atoms with Crippen molar-refractivity contribution in [3.8, 4) is 0 Å². The first kappa shape index (κ1) is 15.0. The Morgan fingerprint density at radius 2 is 1.95 bits per heavy atom. The summed E-state index contributed by atoms with van der Waals surface area (Å²) in [6.45, 7) is 5.53. The summed E-state index contributed by atoms with van der Waals surface area (Å²) in [5.74, 6) is 1.02. The van der Waals surface area contributed by atoms with Crippen LogP contribution in [-0.2, 0) is 6.54 Å².